The zero-order valence-corrected chi connectivity index (χ0v) is 19.1. The van der Waals surface area contributed by atoms with Gasteiger partial charge in [-0.1, -0.05) is 55.9 Å². The van der Waals surface area contributed by atoms with Crippen LogP contribution in [0.5, 0.6) is 5.75 Å². The number of methoxy groups -OCH3 is 2. The maximum absolute atomic E-state index is 13.3. The van der Waals surface area contributed by atoms with Crippen LogP contribution in [0, 0.1) is 0 Å². The van der Waals surface area contributed by atoms with E-state index in [1.165, 1.54) is 29.3 Å². The Morgan fingerprint density at radius 2 is 1.81 bits per heavy atom. The molecule has 0 aliphatic carbocycles. The Balaban J connectivity index is 1.98. The molecule has 0 saturated heterocycles. The summed E-state index contributed by atoms with van der Waals surface area (Å²) >= 11 is 1.18. The van der Waals surface area contributed by atoms with Gasteiger partial charge in [0.1, 0.15) is 16.7 Å². The topological polar surface area (TPSA) is 68.2 Å². The molecule has 6 nitrogen and oxygen atoms in total. The standard InChI is InChI=1S/C24H26N2O4S/c1-15(2)18-11-9-17(10-12-18)13-21-22(27)26(19-7-6-8-20(14-19)29-4)24(25-21)31-16(3)23(28)30-5/h6-16H,1-5H3/b21-13-. The molecule has 1 unspecified atom stereocenters. The van der Waals surface area contributed by atoms with Crippen molar-refractivity contribution in [2.75, 3.05) is 19.1 Å². The molecule has 1 aliphatic rings. The molecule has 0 saturated carbocycles. The van der Waals surface area contributed by atoms with Crippen LogP contribution in [-0.2, 0) is 14.3 Å². The number of ether oxygens (including phenoxy) is 2. The Labute approximate surface area is 187 Å². The van der Waals surface area contributed by atoms with Crippen molar-refractivity contribution in [3.8, 4) is 5.75 Å². The van der Waals surface area contributed by atoms with Gasteiger partial charge in [-0.25, -0.2) is 4.99 Å². The molecule has 2 aromatic carbocycles. The number of thioether (sulfide) groups is 1. The number of carbonyl (C=O) groups excluding carboxylic acids is 2. The summed E-state index contributed by atoms with van der Waals surface area (Å²) in [5.74, 6) is 0.407. The van der Waals surface area contributed by atoms with Gasteiger partial charge >= 0.3 is 5.97 Å². The van der Waals surface area contributed by atoms with Gasteiger partial charge in [0.25, 0.3) is 5.91 Å². The summed E-state index contributed by atoms with van der Waals surface area (Å²) in [6.07, 6.45) is 1.76. The number of esters is 1. The minimum absolute atomic E-state index is 0.263. The second kappa shape index (κ2) is 9.83. The van der Waals surface area contributed by atoms with Crippen molar-refractivity contribution < 1.29 is 19.1 Å². The van der Waals surface area contributed by atoms with Crippen LogP contribution in [-0.4, -0.2) is 36.5 Å². The van der Waals surface area contributed by atoms with Crippen LogP contribution in [0.3, 0.4) is 0 Å². The van der Waals surface area contributed by atoms with Crippen molar-refractivity contribution in [2.24, 2.45) is 4.99 Å². The number of aliphatic imine (C=N–C) groups is 1. The van der Waals surface area contributed by atoms with E-state index in [1.54, 1.807) is 44.4 Å². The SMILES string of the molecule is COC(=O)C(C)SC1=N/C(=C\c2ccc(C(C)C)cc2)C(=O)N1c1cccc(OC)c1. The van der Waals surface area contributed by atoms with Crippen molar-refractivity contribution in [3.63, 3.8) is 0 Å². The van der Waals surface area contributed by atoms with Crippen molar-refractivity contribution in [3.05, 3.63) is 65.4 Å². The number of hydrogen-bond donors (Lipinski definition) is 0. The van der Waals surface area contributed by atoms with Crippen LogP contribution < -0.4 is 9.64 Å². The van der Waals surface area contributed by atoms with Crippen LogP contribution in [0.15, 0.2) is 59.2 Å². The highest BCUT2D eigenvalue weighted by atomic mass is 32.2. The molecule has 2 aromatic rings. The summed E-state index contributed by atoms with van der Waals surface area (Å²) in [6.45, 7) is 5.99. The first-order valence-corrected chi connectivity index (χ1v) is 10.8. The van der Waals surface area contributed by atoms with E-state index < -0.39 is 5.25 Å². The smallest absolute Gasteiger partial charge is 0.318 e. The van der Waals surface area contributed by atoms with Crippen LogP contribution in [0.1, 0.15) is 37.8 Å². The van der Waals surface area contributed by atoms with Gasteiger partial charge in [0.15, 0.2) is 5.17 Å². The third-order valence-corrected chi connectivity index (χ3v) is 5.89. The number of carbonyl (C=O) groups is 2. The van der Waals surface area contributed by atoms with E-state index >= 15 is 0 Å². The van der Waals surface area contributed by atoms with E-state index in [9.17, 15) is 9.59 Å². The average molecular weight is 439 g/mol. The molecule has 0 fully saturated rings. The molecule has 7 heteroatoms. The summed E-state index contributed by atoms with van der Waals surface area (Å²) in [5.41, 5.74) is 3.03. The van der Waals surface area contributed by atoms with Gasteiger partial charge in [0.2, 0.25) is 0 Å². The Hall–Kier alpha value is -3.06. The van der Waals surface area contributed by atoms with Gasteiger partial charge in [-0.15, -0.1) is 0 Å². The van der Waals surface area contributed by atoms with Crippen molar-refractivity contribution in [1.82, 2.24) is 0 Å². The molecule has 0 N–H and O–H groups in total. The maximum atomic E-state index is 13.3. The highest BCUT2D eigenvalue weighted by molar-refractivity contribution is 8.15. The fraction of sp³-hybridized carbons (Fsp3) is 0.292. The summed E-state index contributed by atoms with van der Waals surface area (Å²) in [7, 11) is 2.91. The lowest BCUT2D eigenvalue weighted by atomic mass is 10.0. The molecule has 1 aliphatic heterocycles. The Kier molecular flexibility index (Phi) is 7.17. The molecule has 1 amide bonds. The predicted molar refractivity (Wildman–Crippen MR) is 125 cm³/mol. The molecular formula is C24H26N2O4S. The van der Waals surface area contributed by atoms with E-state index in [0.717, 1.165) is 5.56 Å². The molecular weight excluding hydrogens is 412 g/mol. The molecule has 1 heterocycles. The summed E-state index contributed by atoms with van der Waals surface area (Å²) in [4.78, 5) is 31.3. The van der Waals surface area contributed by atoms with Gasteiger partial charge in [-0.05, 0) is 42.2 Å². The second-order valence-corrected chi connectivity index (χ2v) is 8.68. The van der Waals surface area contributed by atoms with Crippen molar-refractivity contribution in [2.45, 2.75) is 31.9 Å². The minimum Gasteiger partial charge on any atom is -0.497 e. The quantitative estimate of drug-likeness (QED) is 0.476. The molecule has 0 spiro atoms. The summed E-state index contributed by atoms with van der Waals surface area (Å²) in [6, 6.07) is 15.2. The monoisotopic (exact) mass is 438 g/mol. The third-order valence-electron chi connectivity index (χ3n) is 4.86. The Morgan fingerprint density at radius 1 is 1.10 bits per heavy atom. The van der Waals surface area contributed by atoms with Gasteiger partial charge in [0.05, 0.1) is 19.9 Å². The largest absolute Gasteiger partial charge is 0.497 e. The second-order valence-electron chi connectivity index (χ2n) is 7.37. The minimum atomic E-state index is -0.519. The highest BCUT2D eigenvalue weighted by Gasteiger charge is 2.34. The molecule has 3 rings (SSSR count). The first kappa shape index (κ1) is 22.6. The summed E-state index contributed by atoms with van der Waals surface area (Å²) in [5, 5.41) is -0.101. The Bertz CT molecular complexity index is 1030. The first-order valence-electron chi connectivity index (χ1n) is 9.97. The number of nitrogens with zero attached hydrogens (tertiary/aromatic N) is 2. The first-order chi connectivity index (χ1) is 14.8. The van der Waals surface area contributed by atoms with Crippen LogP contribution in [0.25, 0.3) is 6.08 Å². The molecule has 0 aromatic heterocycles. The zero-order valence-electron chi connectivity index (χ0n) is 18.3. The lowest BCUT2D eigenvalue weighted by Gasteiger charge is -2.19. The number of anilines is 1. The number of rotatable bonds is 6. The number of amidine groups is 1. The number of hydrogen-bond acceptors (Lipinski definition) is 6. The zero-order chi connectivity index (χ0) is 22.5. The average Bonchev–Trinajstić information content (AvgIpc) is 3.07. The van der Waals surface area contributed by atoms with E-state index in [1.807, 2.05) is 12.1 Å². The van der Waals surface area contributed by atoms with E-state index in [-0.39, 0.29) is 11.9 Å². The number of benzene rings is 2. The van der Waals surface area contributed by atoms with E-state index in [4.69, 9.17) is 9.47 Å². The molecule has 1 atom stereocenters. The molecule has 0 bridgehead atoms. The van der Waals surface area contributed by atoms with Crippen LogP contribution in [0.4, 0.5) is 5.69 Å². The highest BCUT2D eigenvalue weighted by Crippen LogP contribution is 2.33. The fourth-order valence-electron chi connectivity index (χ4n) is 3.06. The predicted octanol–water partition coefficient (Wildman–Crippen LogP) is 4.86. The summed E-state index contributed by atoms with van der Waals surface area (Å²) < 4.78 is 10.1. The van der Waals surface area contributed by atoms with Crippen LogP contribution in [0.2, 0.25) is 0 Å². The maximum Gasteiger partial charge on any atom is 0.318 e. The van der Waals surface area contributed by atoms with Crippen molar-refractivity contribution >= 4 is 40.6 Å². The van der Waals surface area contributed by atoms with Gasteiger partial charge in [-0.3, -0.25) is 14.5 Å². The van der Waals surface area contributed by atoms with Gasteiger partial charge in [-0.2, -0.15) is 0 Å². The molecule has 31 heavy (non-hydrogen) atoms. The molecule has 0 radical (unpaired) electrons. The van der Waals surface area contributed by atoms with Gasteiger partial charge in [0, 0.05) is 6.07 Å². The van der Waals surface area contributed by atoms with E-state index in [2.05, 4.69) is 31.0 Å². The normalized spacial score (nSPS) is 15.9. The fourth-order valence-corrected chi connectivity index (χ4v) is 4.01. The lowest BCUT2D eigenvalue weighted by Crippen LogP contribution is -2.32. The van der Waals surface area contributed by atoms with E-state index in [0.29, 0.717) is 28.2 Å². The van der Waals surface area contributed by atoms with Crippen molar-refractivity contribution in [1.29, 1.82) is 0 Å². The lowest BCUT2D eigenvalue weighted by molar-refractivity contribution is -0.139. The molecule has 162 valence electrons. The third kappa shape index (κ3) is 5.17. The van der Waals surface area contributed by atoms with Crippen LogP contribution >= 0.6 is 11.8 Å². The van der Waals surface area contributed by atoms with Gasteiger partial charge < -0.3 is 9.47 Å². The number of amides is 1. The Morgan fingerprint density at radius 3 is 2.42 bits per heavy atom.